The molecule has 2 rings (SSSR count). The summed E-state index contributed by atoms with van der Waals surface area (Å²) < 4.78 is 0. The first kappa shape index (κ1) is 10.0. The van der Waals surface area contributed by atoms with Gasteiger partial charge < -0.3 is 0 Å². The predicted octanol–water partition coefficient (Wildman–Crippen LogP) is 4.65. The Kier molecular flexibility index (Phi) is 2.89. The van der Waals surface area contributed by atoms with Crippen LogP contribution in [0.4, 0.5) is 0 Å². The molecule has 0 fully saturated rings. The predicted molar refractivity (Wildman–Crippen MR) is 67.0 cm³/mol. The summed E-state index contributed by atoms with van der Waals surface area (Å²) in [5, 5.41) is 0.749. The van der Waals surface area contributed by atoms with Crippen LogP contribution in [0.5, 0.6) is 0 Å². The fourth-order valence-electron chi connectivity index (χ4n) is 1.57. The average Bonchev–Trinajstić information content (AvgIpc) is 2.30. The van der Waals surface area contributed by atoms with Crippen molar-refractivity contribution in [2.24, 2.45) is 0 Å². The third kappa shape index (κ3) is 2.11. The van der Waals surface area contributed by atoms with Crippen LogP contribution in [-0.4, -0.2) is 0 Å². The van der Waals surface area contributed by atoms with E-state index in [1.165, 1.54) is 0 Å². The minimum atomic E-state index is 0.749. The summed E-state index contributed by atoms with van der Waals surface area (Å²) >= 11 is 5.99. The number of hydrogen-bond donors (Lipinski definition) is 0. The fraction of sp³-hybridized carbons (Fsp3) is 0. The molecule has 0 amide bonds. The van der Waals surface area contributed by atoms with Crippen LogP contribution in [0, 0.1) is 0 Å². The molecule has 15 heavy (non-hydrogen) atoms. The number of benzene rings is 2. The van der Waals surface area contributed by atoms with E-state index in [2.05, 4.69) is 18.7 Å². The van der Waals surface area contributed by atoms with Gasteiger partial charge in [-0.2, -0.15) is 0 Å². The van der Waals surface area contributed by atoms with Gasteiger partial charge in [-0.25, -0.2) is 0 Å². The van der Waals surface area contributed by atoms with Crippen molar-refractivity contribution in [2.75, 3.05) is 0 Å². The van der Waals surface area contributed by atoms with E-state index in [4.69, 9.17) is 11.6 Å². The molecule has 0 spiro atoms. The smallest absolute Gasteiger partial charge is 0.0412 e. The highest BCUT2D eigenvalue weighted by Gasteiger charge is 2.02. The Hall–Kier alpha value is -1.53. The van der Waals surface area contributed by atoms with Crippen molar-refractivity contribution in [3.8, 4) is 11.1 Å². The van der Waals surface area contributed by atoms with Gasteiger partial charge in [0, 0.05) is 5.02 Å². The molecule has 2 aromatic rings. The summed E-state index contributed by atoms with van der Waals surface area (Å²) in [7, 11) is 0. The van der Waals surface area contributed by atoms with E-state index in [1.54, 1.807) is 0 Å². The van der Waals surface area contributed by atoms with Crippen LogP contribution in [0.3, 0.4) is 0 Å². The Bertz CT molecular complexity index is 472. The molecule has 1 heteroatoms. The van der Waals surface area contributed by atoms with Gasteiger partial charge in [0.1, 0.15) is 0 Å². The maximum absolute atomic E-state index is 5.99. The van der Waals surface area contributed by atoms with Crippen LogP contribution in [0.1, 0.15) is 5.56 Å². The molecule has 0 heterocycles. The highest BCUT2D eigenvalue weighted by molar-refractivity contribution is 6.31. The van der Waals surface area contributed by atoms with Crippen LogP contribution < -0.4 is 0 Å². The molecule has 74 valence electrons. The van der Waals surface area contributed by atoms with Gasteiger partial charge in [0.2, 0.25) is 0 Å². The van der Waals surface area contributed by atoms with Gasteiger partial charge in [-0.3, -0.25) is 0 Å². The second-order valence-corrected chi connectivity index (χ2v) is 3.74. The Labute approximate surface area is 94.8 Å². The second kappa shape index (κ2) is 4.33. The quantitative estimate of drug-likeness (QED) is 0.683. The largest absolute Gasteiger partial charge is 0.0984 e. The van der Waals surface area contributed by atoms with Gasteiger partial charge in [-0.1, -0.05) is 60.7 Å². The minimum Gasteiger partial charge on any atom is -0.0984 e. The first-order chi connectivity index (χ1) is 7.31. The minimum absolute atomic E-state index is 0.749. The van der Waals surface area contributed by atoms with Crippen molar-refractivity contribution in [2.45, 2.75) is 0 Å². The maximum Gasteiger partial charge on any atom is 0.0412 e. The maximum atomic E-state index is 5.99. The normalized spacial score (nSPS) is 9.93. The molecule has 0 aliphatic rings. The molecular formula is C14H11Cl. The van der Waals surface area contributed by atoms with Crippen LogP contribution >= 0.6 is 11.6 Å². The van der Waals surface area contributed by atoms with Crippen molar-refractivity contribution in [3.05, 3.63) is 65.7 Å². The van der Waals surface area contributed by atoms with Gasteiger partial charge in [-0.05, 0) is 28.8 Å². The van der Waals surface area contributed by atoms with Crippen molar-refractivity contribution in [1.82, 2.24) is 0 Å². The number of hydrogen-bond acceptors (Lipinski definition) is 0. The van der Waals surface area contributed by atoms with Gasteiger partial charge >= 0.3 is 0 Å². The first-order valence-electron chi connectivity index (χ1n) is 4.78. The molecule has 0 aromatic heterocycles. The third-order valence-corrected chi connectivity index (χ3v) is 2.56. The molecule has 2 aromatic carbocycles. The van der Waals surface area contributed by atoms with Crippen LogP contribution in [0.25, 0.3) is 17.2 Å². The van der Waals surface area contributed by atoms with Crippen molar-refractivity contribution >= 4 is 17.7 Å². The summed E-state index contributed by atoms with van der Waals surface area (Å²) in [6, 6.07) is 16.0. The average molecular weight is 215 g/mol. The molecule has 0 atom stereocenters. The summed E-state index contributed by atoms with van der Waals surface area (Å²) in [6.07, 6.45) is 1.85. The van der Waals surface area contributed by atoms with Gasteiger partial charge in [0.15, 0.2) is 0 Å². The van der Waals surface area contributed by atoms with Gasteiger partial charge in [0.05, 0.1) is 0 Å². The zero-order chi connectivity index (χ0) is 10.7. The Morgan fingerprint density at radius 2 is 1.73 bits per heavy atom. The Balaban J connectivity index is 2.61. The molecule has 0 saturated heterocycles. The Morgan fingerprint density at radius 3 is 2.40 bits per heavy atom. The lowest BCUT2D eigenvalue weighted by molar-refractivity contribution is 1.59. The SMILES string of the molecule is C=Cc1ccc(Cl)cc1-c1ccccc1. The lowest BCUT2D eigenvalue weighted by Crippen LogP contribution is -1.82. The van der Waals surface area contributed by atoms with E-state index in [1.807, 2.05) is 42.5 Å². The molecule has 0 N–H and O–H groups in total. The molecule has 0 radical (unpaired) electrons. The van der Waals surface area contributed by atoms with Crippen molar-refractivity contribution < 1.29 is 0 Å². The molecule has 0 aliphatic heterocycles. The van der Waals surface area contributed by atoms with E-state index in [-0.39, 0.29) is 0 Å². The van der Waals surface area contributed by atoms with E-state index >= 15 is 0 Å². The van der Waals surface area contributed by atoms with Crippen LogP contribution in [-0.2, 0) is 0 Å². The molecule has 0 unspecified atom stereocenters. The Morgan fingerprint density at radius 1 is 1.00 bits per heavy atom. The van der Waals surface area contributed by atoms with E-state index in [0.717, 1.165) is 21.7 Å². The van der Waals surface area contributed by atoms with E-state index in [9.17, 15) is 0 Å². The highest BCUT2D eigenvalue weighted by Crippen LogP contribution is 2.27. The lowest BCUT2D eigenvalue weighted by atomic mass is 10.00. The van der Waals surface area contributed by atoms with Crippen LogP contribution in [0.2, 0.25) is 5.02 Å². The molecule has 0 nitrogen and oxygen atoms in total. The number of rotatable bonds is 2. The highest BCUT2D eigenvalue weighted by atomic mass is 35.5. The molecular weight excluding hydrogens is 204 g/mol. The summed E-state index contributed by atoms with van der Waals surface area (Å²) in [4.78, 5) is 0. The summed E-state index contributed by atoms with van der Waals surface area (Å²) in [6.45, 7) is 3.80. The molecule has 0 saturated carbocycles. The van der Waals surface area contributed by atoms with Gasteiger partial charge in [-0.15, -0.1) is 0 Å². The first-order valence-corrected chi connectivity index (χ1v) is 5.16. The van der Waals surface area contributed by atoms with Crippen molar-refractivity contribution in [3.63, 3.8) is 0 Å². The second-order valence-electron chi connectivity index (χ2n) is 3.30. The summed E-state index contributed by atoms with van der Waals surface area (Å²) in [5.74, 6) is 0. The van der Waals surface area contributed by atoms with Crippen molar-refractivity contribution in [1.29, 1.82) is 0 Å². The van der Waals surface area contributed by atoms with E-state index < -0.39 is 0 Å². The molecule has 0 bridgehead atoms. The topological polar surface area (TPSA) is 0 Å². The fourth-order valence-corrected chi connectivity index (χ4v) is 1.75. The van der Waals surface area contributed by atoms with Crippen LogP contribution in [0.15, 0.2) is 55.1 Å². The zero-order valence-electron chi connectivity index (χ0n) is 8.28. The molecule has 0 aliphatic carbocycles. The lowest BCUT2D eigenvalue weighted by Gasteiger charge is -2.06. The number of halogens is 1. The summed E-state index contributed by atoms with van der Waals surface area (Å²) in [5.41, 5.74) is 3.39. The third-order valence-electron chi connectivity index (χ3n) is 2.32. The van der Waals surface area contributed by atoms with Gasteiger partial charge in [0.25, 0.3) is 0 Å². The standard InChI is InChI=1S/C14H11Cl/c1-2-11-8-9-13(15)10-14(11)12-6-4-3-5-7-12/h2-10H,1H2. The van der Waals surface area contributed by atoms with E-state index in [0.29, 0.717) is 0 Å². The zero-order valence-corrected chi connectivity index (χ0v) is 9.04. The monoisotopic (exact) mass is 214 g/mol.